The molecule has 2 aromatic rings. The second kappa shape index (κ2) is 5.35. The van der Waals surface area contributed by atoms with E-state index in [4.69, 9.17) is 16.3 Å². The number of alkyl halides is 1. The number of halogens is 1. The van der Waals surface area contributed by atoms with Gasteiger partial charge in [-0.25, -0.2) is 4.68 Å². The summed E-state index contributed by atoms with van der Waals surface area (Å²) in [6.07, 6.45) is 5.00. The maximum Gasteiger partial charge on any atom is 0.0880 e. The van der Waals surface area contributed by atoms with Crippen LogP contribution >= 0.6 is 11.6 Å². The van der Waals surface area contributed by atoms with Crippen molar-refractivity contribution in [2.75, 3.05) is 6.61 Å². The smallest absolute Gasteiger partial charge is 0.0880 e. The monoisotopic (exact) mass is 276 g/mol. The van der Waals surface area contributed by atoms with Gasteiger partial charge in [-0.1, -0.05) is 25.1 Å². The molecule has 4 heteroatoms. The predicted molar refractivity (Wildman–Crippen MR) is 75.7 cm³/mol. The van der Waals surface area contributed by atoms with Gasteiger partial charge >= 0.3 is 0 Å². The molecule has 19 heavy (non-hydrogen) atoms. The highest BCUT2D eigenvalue weighted by Crippen LogP contribution is 2.35. The van der Waals surface area contributed by atoms with E-state index >= 15 is 0 Å². The van der Waals surface area contributed by atoms with Crippen molar-refractivity contribution in [2.45, 2.75) is 24.8 Å². The van der Waals surface area contributed by atoms with Gasteiger partial charge in [0.25, 0.3) is 0 Å². The first kappa shape index (κ1) is 12.7. The topological polar surface area (TPSA) is 27.1 Å². The number of hydrogen-bond acceptors (Lipinski definition) is 2. The molecule has 0 N–H and O–H groups in total. The van der Waals surface area contributed by atoms with Gasteiger partial charge in [0, 0.05) is 18.4 Å². The first-order valence-corrected chi connectivity index (χ1v) is 7.05. The van der Waals surface area contributed by atoms with Crippen LogP contribution in [0.1, 0.15) is 24.3 Å². The first-order chi connectivity index (χ1) is 9.25. The fraction of sp³-hybridized carbons (Fsp3) is 0.400. The largest absolute Gasteiger partial charge is 0.376 e. The molecule has 1 aliphatic heterocycles. The second-order valence-electron chi connectivity index (χ2n) is 5.06. The van der Waals surface area contributed by atoms with Gasteiger partial charge in [-0.2, -0.15) is 5.10 Å². The number of ether oxygens (including phenoxy) is 1. The first-order valence-electron chi connectivity index (χ1n) is 6.61. The van der Waals surface area contributed by atoms with Gasteiger partial charge in [0.15, 0.2) is 0 Å². The maximum absolute atomic E-state index is 6.53. The number of rotatable bonds is 3. The summed E-state index contributed by atoms with van der Waals surface area (Å²) >= 11 is 6.53. The molecular weight excluding hydrogens is 260 g/mol. The molecule has 0 bridgehead atoms. The predicted octanol–water partition coefficient (Wildman–Crippen LogP) is 3.58. The Morgan fingerprint density at radius 2 is 2.16 bits per heavy atom. The van der Waals surface area contributed by atoms with Crippen LogP contribution in [-0.2, 0) is 4.74 Å². The number of nitrogens with zero attached hydrogens (tertiary/aromatic N) is 2. The molecule has 2 heterocycles. The number of aromatic nitrogens is 2. The zero-order valence-electron chi connectivity index (χ0n) is 10.9. The molecule has 0 radical (unpaired) electrons. The van der Waals surface area contributed by atoms with E-state index in [9.17, 15) is 0 Å². The molecular formula is C15H17ClN2O. The lowest BCUT2D eigenvalue weighted by atomic mass is 9.99. The summed E-state index contributed by atoms with van der Waals surface area (Å²) in [6.45, 7) is 3.00. The Balaban J connectivity index is 1.81. The average Bonchev–Trinajstić information content (AvgIpc) is 3.08. The fourth-order valence-corrected chi connectivity index (χ4v) is 2.92. The minimum atomic E-state index is -0.130. The van der Waals surface area contributed by atoms with E-state index in [2.05, 4.69) is 12.0 Å². The van der Waals surface area contributed by atoms with E-state index in [1.165, 1.54) is 0 Å². The summed E-state index contributed by atoms with van der Waals surface area (Å²) in [6, 6.07) is 10.0. The highest BCUT2D eigenvalue weighted by molar-refractivity contribution is 6.21. The van der Waals surface area contributed by atoms with Crippen molar-refractivity contribution in [3.8, 4) is 5.69 Å². The average molecular weight is 277 g/mol. The lowest BCUT2D eigenvalue weighted by Gasteiger charge is -2.19. The molecule has 3 nitrogen and oxygen atoms in total. The highest BCUT2D eigenvalue weighted by Gasteiger charge is 2.32. The lowest BCUT2D eigenvalue weighted by molar-refractivity contribution is 0.0903. The maximum atomic E-state index is 6.53. The standard InChI is InChI=1S/C15H17ClN2O/c1-11-7-8-19-15(11)14(16)12-9-17-18(10-12)13-5-3-2-4-6-13/h2-6,9-11,14-15H,7-8H2,1H3. The van der Waals surface area contributed by atoms with E-state index in [0.29, 0.717) is 5.92 Å². The molecule has 3 unspecified atom stereocenters. The fourth-order valence-electron chi connectivity index (χ4n) is 2.48. The van der Waals surface area contributed by atoms with Gasteiger partial charge in [0.05, 0.1) is 23.4 Å². The third kappa shape index (κ3) is 2.53. The summed E-state index contributed by atoms with van der Waals surface area (Å²) in [4.78, 5) is 0. The molecule has 0 aliphatic carbocycles. The van der Waals surface area contributed by atoms with Crippen molar-refractivity contribution in [3.63, 3.8) is 0 Å². The Hall–Kier alpha value is -1.32. The van der Waals surface area contributed by atoms with Gasteiger partial charge in [-0.3, -0.25) is 0 Å². The molecule has 0 spiro atoms. The van der Waals surface area contributed by atoms with E-state index < -0.39 is 0 Å². The van der Waals surface area contributed by atoms with E-state index in [1.807, 2.05) is 47.4 Å². The normalized spacial score (nSPS) is 24.5. The van der Waals surface area contributed by atoms with E-state index in [0.717, 1.165) is 24.3 Å². The van der Waals surface area contributed by atoms with Crippen molar-refractivity contribution in [1.82, 2.24) is 9.78 Å². The molecule has 1 aromatic heterocycles. The summed E-state index contributed by atoms with van der Waals surface area (Å²) in [5, 5.41) is 4.25. The molecule has 0 saturated carbocycles. The van der Waals surface area contributed by atoms with Crippen LogP contribution in [0.3, 0.4) is 0 Å². The zero-order valence-corrected chi connectivity index (χ0v) is 11.6. The van der Waals surface area contributed by atoms with Crippen LogP contribution < -0.4 is 0 Å². The highest BCUT2D eigenvalue weighted by atomic mass is 35.5. The SMILES string of the molecule is CC1CCOC1C(Cl)c1cnn(-c2ccccc2)c1. The van der Waals surface area contributed by atoms with Crippen LogP contribution in [0.4, 0.5) is 0 Å². The number of benzene rings is 1. The zero-order chi connectivity index (χ0) is 13.2. The molecule has 0 amide bonds. The van der Waals surface area contributed by atoms with Crippen LogP contribution in [0.15, 0.2) is 42.7 Å². The van der Waals surface area contributed by atoms with Crippen molar-refractivity contribution in [1.29, 1.82) is 0 Å². The Morgan fingerprint density at radius 1 is 1.37 bits per heavy atom. The van der Waals surface area contributed by atoms with Crippen molar-refractivity contribution in [3.05, 3.63) is 48.3 Å². The third-order valence-electron chi connectivity index (χ3n) is 3.67. The molecule has 1 aliphatic rings. The summed E-state index contributed by atoms with van der Waals surface area (Å²) in [7, 11) is 0. The van der Waals surface area contributed by atoms with Crippen molar-refractivity contribution >= 4 is 11.6 Å². The van der Waals surface area contributed by atoms with Gasteiger partial charge in [0.1, 0.15) is 0 Å². The Kier molecular flexibility index (Phi) is 3.58. The van der Waals surface area contributed by atoms with Crippen LogP contribution in [0, 0.1) is 5.92 Å². The summed E-state index contributed by atoms with van der Waals surface area (Å²) < 4.78 is 7.58. The van der Waals surface area contributed by atoms with Crippen LogP contribution in [-0.4, -0.2) is 22.5 Å². The number of hydrogen-bond donors (Lipinski definition) is 0. The minimum absolute atomic E-state index is 0.0927. The van der Waals surface area contributed by atoms with E-state index in [1.54, 1.807) is 0 Å². The van der Waals surface area contributed by atoms with Crippen molar-refractivity contribution in [2.24, 2.45) is 5.92 Å². The van der Waals surface area contributed by atoms with Gasteiger partial charge in [-0.15, -0.1) is 11.6 Å². The molecule has 100 valence electrons. The Morgan fingerprint density at radius 3 is 2.84 bits per heavy atom. The van der Waals surface area contributed by atoms with Gasteiger partial charge < -0.3 is 4.74 Å². The van der Waals surface area contributed by atoms with Crippen LogP contribution in [0.2, 0.25) is 0 Å². The Bertz CT molecular complexity index is 540. The molecule has 1 aromatic carbocycles. The summed E-state index contributed by atoms with van der Waals surface area (Å²) in [5.41, 5.74) is 2.06. The minimum Gasteiger partial charge on any atom is -0.376 e. The molecule has 1 saturated heterocycles. The molecule has 3 atom stereocenters. The van der Waals surface area contributed by atoms with Gasteiger partial charge in [-0.05, 0) is 24.5 Å². The third-order valence-corrected chi connectivity index (χ3v) is 4.17. The van der Waals surface area contributed by atoms with Crippen LogP contribution in [0.25, 0.3) is 5.69 Å². The number of para-hydroxylation sites is 1. The Labute approximate surface area is 118 Å². The lowest BCUT2D eigenvalue weighted by Crippen LogP contribution is -2.19. The van der Waals surface area contributed by atoms with Gasteiger partial charge in [0.2, 0.25) is 0 Å². The van der Waals surface area contributed by atoms with E-state index in [-0.39, 0.29) is 11.5 Å². The summed E-state index contributed by atoms with van der Waals surface area (Å²) in [5.74, 6) is 0.502. The van der Waals surface area contributed by atoms with Crippen molar-refractivity contribution < 1.29 is 4.74 Å². The molecule has 1 fully saturated rings. The molecule has 3 rings (SSSR count). The second-order valence-corrected chi connectivity index (χ2v) is 5.53. The van der Waals surface area contributed by atoms with Crippen LogP contribution in [0.5, 0.6) is 0 Å². The quantitative estimate of drug-likeness (QED) is 0.801.